The molecular formula is C20H23N3O3. The van der Waals surface area contributed by atoms with Crippen molar-refractivity contribution in [2.75, 3.05) is 19.5 Å². The highest BCUT2D eigenvalue weighted by Gasteiger charge is 2.33. The lowest BCUT2D eigenvalue weighted by molar-refractivity contribution is -0.134. The highest BCUT2D eigenvalue weighted by molar-refractivity contribution is 6.01. The van der Waals surface area contributed by atoms with Gasteiger partial charge in [-0.05, 0) is 41.8 Å². The Balaban J connectivity index is 1.81. The molecule has 1 aromatic carbocycles. The van der Waals surface area contributed by atoms with Gasteiger partial charge in [-0.15, -0.1) is 0 Å². The van der Waals surface area contributed by atoms with Gasteiger partial charge in [-0.25, -0.2) is 0 Å². The predicted molar refractivity (Wildman–Crippen MR) is 99.1 cm³/mol. The van der Waals surface area contributed by atoms with Gasteiger partial charge in [0.25, 0.3) is 0 Å². The van der Waals surface area contributed by atoms with Gasteiger partial charge in [0.05, 0.1) is 25.3 Å². The summed E-state index contributed by atoms with van der Waals surface area (Å²) in [7, 11) is 3.32. The molecule has 6 heteroatoms. The maximum Gasteiger partial charge on any atom is 0.230 e. The summed E-state index contributed by atoms with van der Waals surface area (Å²) in [6.45, 7) is 2.48. The van der Waals surface area contributed by atoms with Crippen LogP contribution in [0, 0.1) is 0 Å². The summed E-state index contributed by atoms with van der Waals surface area (Å²) < 4.78 is 5.27. The fourth-order valence-corrected chi connectivity index (χ4v) is 3.13. The van der Waals surface area contributed by atoms with Crippen molar-refractivity contribution in [2.45, 2.75) is 32.2 Å². The van der Waals surface area contributed by atoms with Gasteiger partial charge in [0.2, 0.25) is 11.8 Å². The number of carbonyl (C=O) groups excluding carboxylic acids is 2. The molecule has 0 fully saturated rings. The highest BCUT2D eigenvalue weighted by atomic mass is 16.5. The SMILES string of the molecule is CCc1ccc(CN(C)C(=O)[C@H]2CC(=O)Nc3ccc(OC)cc32)nc1. The number of nitrogens with zero attached hydrogens (tertiary/aromatic N) is 2. The number of pyridine rings is 1. The molecule has 6 nitrogen and oxygen atoms in total. The quantitative estimate of drug-likeness (QED) is 0.897. The lowest BCUT2D eigenvalue weighted by Gasteiger charge is -2.28. The van der Waals surface area contributed by atoms with E-state index in [0.717, 1.165) is 23.2 Å². The van der Waals surface area contributed by atoms with Crippen LogP contribution in [0.25, 0.3) is 0 Å². The van der Waals surface area contributed by atoms with Crippen molar-refractivity contribution in [3.63, 3.8) is 0 Å². The van der Waals surface area contributed by atoms with E-state index in [0.29, 0.717) is 18.0 Å². The molecular weight excluding hydrogens is 330 g/mol. The molecule has 26 heavy (non-hydrogen) atoms. The Hall–Kier alpha value is -2.89. The second kappa shape index (κ2) is 7.56. The van der Waals surface area contributed by atoms with E-state index in [9.17, 15) is 9.59 Å². The summed E-state index contributed by atoms with van der Waals surface area (Å²) in [5.74, 6) is -0.110. The highest BCUT2D eigenvalue weighted by Crippen LogP contribution is 2.36. The van der Waals surface area contributed by atoms with Crippen LogP contribution in [0.3, 0.4) is 0 Å². The maximum atomic E-state index is 13.0. The summed E-state index contributed by atoms with van der Waals surface area (Å²) in [6.07, 6.45) is 2.89. The molecule has 1 aliphatic rings. The van der Waals surface area contributed by atoms with Gasteiger partial charge in [0.15, 0.2) is 0 Å². The van der Waals surface area contributed by atoms with Crippen molar-refractivity contribution in [1.82, 2.24) is 9.88 Å². The van der Waals surface area contributed by atoms with E-state index in [-0.39, 0.29) is 18.2 Å². The number of benzene rings is 1. The van der Waals surface area contributed by atoms with Crippen molar-refractivity contribution >= 4 is 17.5 Å². The van der Waals surface area contributed by atoms with E-state index in [1.54, 1.807) is 31.2 Å². The van der Waals surface area contributed by atoms with E-state index in [1.807, 2.05) is 24.4 Å². The molecule has 0 bridgehead atoms. The standard InChI is InChI=1S/C20H23N3O3/c1-4-13-5-6-14(21-11-13)12-23(2)20(25)17-10-19(24)22-18-8-7-15(26-3)9-16(17)18/h5-9,11,17H,4,10,12H2,1-3H3,(H,22,24)/t17-/m0/s1. The molecule has 1 aliphatic heterocycles. The van der Waals surface area contributed by atoms with Crippen LogP contribution < -0.4 is 10.1 Å². The van der Waals surface area contributed by atoms with Gasteiger partial charge >= 0.3 is 0 Å². The summed E-state index contributed by atoms with van der Waals surface area (Å²) in [5, 5.41) is 2.82. The average molecular weight is 353 g/mol. The first-order valence-corrected chi connectivity index (χ1v) is 8.68. The zero-order chi connectivity index (χ0) is 18.7. The fourth-order valence-electron chi connectivity index (χ4n) is 3.13. The van der Waals surface area contributed by atoms with E-state index >= 15 is 0 Å². The van der Waals surface area contributed by atoms with Crippen LogP contribution in [0.4, 0.5) is 5.69 Å². The number of hydrogen-bond donors (Lipinski definition) is 1. The summed E-state index contributed by atoms with van der Waals surface area (Å²) in [5.41, 5.74) is 3.44. The third-order valence-corrected chi connectivity index (χ3v) is 4.67. The minimum atomic E-state index is -0.520. The molecule has 2 aromatic rings. The van der Waals surface area contributed by atoms with E-state index in [2.05, 4.69) is 17.2 Å². The second-order valence-electron chi connectivity index (χ2n) is 6.46. The summed E-state index contributed by atoms with van der Waals surface area (Å²) >= 11 is 0. The van der Waals surface area contributed by atoms with Gasteiger partial charge in [-0.1, -0.05) is 13.0 Å². The molecule has 0 spiro atoms. The molecule has 2 amide bonds. The lowest BCUT2D eigenvalue weighted by Crippen LogP contribution is -2.36. The number of fused-ring (bicyclic) bond motifs is 1. The molecule has 136 valence electrons. The smallest absolute Gasteiger partial charge is 0.230 e. The average Bonchev–Trinajstić information content (AvgIpc) is 2.66. The lowest BCUT2D eigenvalue weighted by atomic mass is 9.89. The zero-order valence-electron chi connectivity index (χ0n) is 15.3. The van der Waals surface area contributed by atoms with Crippen LogP contribution in [0.1, 0.15) is 36.1 Å². The Morgan fingerprint density at radius 1 is 1.35 bits per heavy atom. The van der Waals surface area contributed by atoms with Crippen molar-refractivity contribution in [3.05, 3.63) is 53.3 Å². The minimum Gasteiger partial charge on any atom is -0.497 e. The van der Waals surface area contributed by atoms with Gasteiger partial charge in [0.1, 0.15) is 5.75 Å². The number of likely N-dealkylation sites (N-methyl/N-ethyl adjacent to an activating group) is 1. The second-order valence-corrected chi connectivity index (χ2v) is 6.46. The van der Waals surface area contributed by atoms with Crippen LogP contribution in [0.5, 0.6) is 5.75 Å². The molecule has 3 rings (SSSR count). The van der Waals surface area contributed by atoms with Crippen molar-refractivity contribution in [3.8, 4) is 5.75 Å². The molecule has 2 heterocycles. The third-order valence-electron chi connectivity index (χ3n) is 4.67. The number of amides is 2. The Morgan fingerprint density at radius 2 is 2.15 bits per heavy atom. The molecule has 1 N–H and O–H groups in total. The topological polar surface area (TPSA) is 71.5 Å². The van der Waals surface area contributed by atoms with Crippen molar-refractivity contribution in [1.29, 1.82) is 0 Å². The molecule has 0 saturated heterocycles. The van der Waals surface area contributed by atoms with Gasteiger partial charge < -0.3 is 15.0 Å². The van der Waals surface area contributed by atoms with Crippen LogP contribution in [0.2, 0.25) is 0 Å². The van der Waals surface area contributed by atoms with Crippen LogP contribution in [0.15, 0.2) is 36.5 Å². The summed E-state index contributed by atoms with van der Waals surface area (Å²) in [6, 6.07) is 9.33. The predicted octanol–water partition coefficient (Wildman–Crippen LogP) is 2.74. The fraction of sp³-hybridized carbons (Fsp3) is 0.350. The van der Waals surface area contributed by atoms with Gasteiger partial charge in [-0.2, -0.15) is 0 Å². The first kappa shape index (κ1) is 17.9. The van der Waals surface area contributed by atoms with Gasteiger partial charge in [0, 0.05) is 25.4 Å². The maximum absolute atomic E-state index is 13.0. The number of nitrogens with one attached hydrogen (secondary N) is 1. The number of carbonyl (C=O) groups is 2. The molecule has 0 unspecified atom stereocenters. The minimum absolute atomic E-state index is 0.101. The Labute approximate surface area is 153 Å². The number of methoxy groups -OCH3 is 1. The summed E-state index contributed by atoms with van der Waals surface area (Å²) in [4.78, 5) is 31.1. The Bertz CT molecular complexity index is 818. The van der Waals surface area contributed by atoms with Crippen molar-refractivity contribution < 1.29 is 14.3 Å². The molecule has 1 atom stereocenters. The number of aromatic nitrogens is 1. The van der Waals surface area contributed by atoms with Gasteiger partial charge in [-0.3, -0.25) is 14.6 Å². The molecule has 0 aliphatic carbocycles. The van der Waals surface area contributed by atoms with Crippen LogP contribution >= 0.6 is 0 Å². The van der Waals surface area contributed by atoms with E-state index in [4.69, 9.17) is 4.74 Å². The van der Waals surface area contributed by atoms with Crippen molar-refractivity contribution in [2.24, 2.45) is 0 Å². The largest absolute Gasteiger partial charge is 0.497 e. The number of hydrogen-bond acceptors (Lipinski definition) is 4. The Morgan fingerprint density at radius 3 is 2.81 bits per heavy atom. The van der Waals surface area contributed by atoms with Crippen LogP contribution in [-0.2, 0) is 22.6 Å². The number of rotatable bonds is 5. The molecule has 0 saturated carbocycles. The number of anilines is 1. The normalized spacial score (nSPS) is 15.8. The van der Waals surface area contributed by atoms with E-state index < -0.39 is 5.92 Å². The van der Waals surface area contributed by atoms with Crippen LogP contribution in [-0.4, -0.2) is 35.9 Å². The first-order valence-electron chi connectivity index (χ1n) is 8.68. The molecule has 0 radical (unpaired) electrons. The number of aryl methyl sites for hydroxylation is 1. The number of ether oxygens (including phenoxy) is 1. The van der Waals surface area contributed by atoms with E-state index in [1.165, 1.54) is 0 Å². The third kappa shape index (κ3) is 3.69. The Kier molecular flexibility index (Phi) is 5.21. The first-order chi connectivity index (χ1) is 12.5. The molecule has 1 aromatic heterocycles. The zero-order valence-corrected chi connectivity index (χ0v) is 15.3. The monoisotopic (exact) mass is 353 g/mol.